The third kappa shape index (κ3) is 3.35. The Balaban J connectivity index is 2.21. The molecule has 2 aromatic rings. The van der Waals surface area contributed by atoms with E-state index in [-0.39, 0.29) is 0 Å². The average molecular weight is 259 g/mol. The minimum atomic E-state index is 0.742. The van der Waals surface area contributed by atoms with Crippen molar-refractivity contribution in [1.82, 2.24) is 10.3 Å². The highest BCUT2D eigenvalue weighted by Crippen LogP contribution is 2.26. The molecule has 1 heterocycles. The van der Waals surface area contributed by atoms with Crippen molar-refractivity contribution >= 4 is 5.69 Å². The van der Waals surface area contributed by atoms with Crippen LogP contribution in [-0.2, 0) is 6.54 Å². The molecule has 4 nitrogen and oxygen atoms in total. The first-order valence-corrected chi connectivity index (χ1v) is 6.63. The smallest absolute Gasteiger partial charge is 0.181 e. The maximum Gasteiger partial charge on any atom is 0.181 e. The van der Waals surface area contributed by atoms with Gasteiger partial charge < -0.3 is 14.6 Å². The largest absolute Gasteiger partial charge is 0.443 e. The van der Waals surface area contributed by atoms with Gasteiger partial charge in [0.2, 0.25) is 0 Å². The number of hydrogen-bond donors (Lipinski definition) is 1. The fraction of sp³-hybridized carbons (Fsp3) is 0.400. The number of anilines is 1. The molecule has 19 heavy (non-hydrogen) atoms. The number of aromatic nitrogens is 1. The molecular weight excluding hydrogens is 238 g/mol. The maximum atomic E-state index is 5.55. The lowest BCUT2D eigenvalue weighted by atomic mass is 10.1. The molecule has 102 valence electrons. The predicted molar refractivity (Wildman–Crippen MR) is 78.3 cm³/mol. The quantitative estimate of drug-likeness (QED) is 0.810. The lowest BCUT2D eigenvalue weighted by Crippen LogP contribution is -2.14. The Morgan fingerprint density at radius 1 is 1.32 bits per heavy atom. The summed E-state index contributed by atoms with van der Waals surface area (Å²) in [6.07, 6.45) is 2.63. The van der Waals surface area contributed by atoms with Crippen LogP contribution in [-0.4, -0.2) is 25.6 Å². The normalized spacial score (nSPS) is 10.7. The van der Waals surface area contributed by atoms with Crippen molar-refractivity contribution in [1.29, 1.82) is 0 Å². The van der Waals surface area contributed by atoms with Gasteiger partial charge in [0.15, 0.2) is 12.2 Å². The van der Waals surface area contributed by atoms with Gasteiger partial charge in [-0.05, 0) is 25.1 Å². The first-order valence-electron chi connectivity index (χ1n) is 6.63. The minimum Gasteiger partial charge on any atom is -0.443 e. The molecule has 2 rings (SSSR count). The van der Waals surface area contributed by atoms with E-state index in [1.807, 2.05) is 20.2 Å². The van der Waals surface area contributed by atoms with E-state index in [4.69, 9.17) is 4.42 Å². The van der Waals surface area contributed by atoms with Crippen LogP contribution in [0.5, 0.6) is 0 Å². The van der Waals surface area contributed by atoms with Crippen molar-refractivity contribution in [3.63, 3.8) is 0 Å². The van der Waals surface area contributed by atoms with Crippen molar-refractivity contribution in [3.8, 4) is 11.3 Å². The SMILES string of the molecule is CCCNCc1ncoc1-c1cccc(N(C)C)c1. The minimum absolute atomic E-state index is 0.742. The molecule has 0 aliphatic heterocycles. The van der Waals surface area contributed by atoms with Gasteiger partial charge in [0.25, 0.3) is 0 Å². The Morgan fingerprint density at radius 3 is 2.89 bits per heavy atom. The van der Waals surface area contributed by atoms with E-state index in [9.17, 15) is 0 Å². The van der Waals surface area contributed by atoms with Crippen LogP contribution in [0.1, 0.15) is 19.0 Å². The number of benzene rings is 1. The Morgan fingerprint density at radius 2 is 2.16 bits per heavy atom. The van der Waals surface area contributed by atoms with Gasteiger partial charge in [-0.3, -0.25) is 0 Å². The van der Waals surface area contributed by atoms with Gasteiger partial charge in [0.05, 0.1) is 0 Å². The van der Waals surface area contributed by atoms with Crippen LogP contribution in [0.3, 0.4) is 0 Å². The highest BCUT2D eigenvalue weighted by molar-refractivity contribution is 5.65. The van der Waals surface area contributed by atoms with Gasteiger partial charge in [0, 0.05) is 31.9 Å². The van der Waals surface area contributed by atoms with Gasteiger partial charge in [-0.25, -0.2) is 4.98 Å². The first-order chi connectivity index (χ1) is 9.22. The molecule has 0 atom stereocenters. The van der Waals surface area contributed by atoms with E-state index in [0.29, 0.717) is 0 Å². The number of hydrogen-bond acceptors (Lipinski definition) is 4. The molecule has 0 unspecified atom stereocenters. The molecular formula is C15H21N3O. The monoisotopic (exact) mass is 259 g/mol. The molecule has 0 saturated heterocycles. The zero-order chi connectivity index (χ0) is 13.7. The average Bonchev–Trinajstić information content (AvgIpc) is 2.87. The Labute approximate surface area is 114 Å². The van der Waals surface area contributed by atoms with Crippen molar-refractivity contribution in [2.24, 2.45) is 0 Å². The molecule has 0 fully saturated rings. The topological polar surface area (TPSA) is 41.3 Å². The Kier molecular flexibility index (Phi) is 4.58. The van der Waals surface area contributed by atoms with Crippen molar-refractivity contribution < 1.29 is 4.42 Å². The van der Waals surface area contributed by atoms with E-state index in [1.54, 1.807) is 0 Å². The summed E-state index contributed by atoms with van der Waals surface area (Å²) in [7, 11) is 4.06. The second-order valence-electron chi connectivity index (χ2n) is 4.75. The van der Waals surface area contributed by atoms with Gasteiger partial charge in [0.1, 0.15) is 5.69 Å². The zero-order valence-electron chi connectivity index (χ0n) is 11.8. The van der Waals surface area contributed by atoms with Crippen molar-refractivity contribution in [2.75, 3.05) is 25.5 Å². The van der Waals surface area contributed by atoms with E-state index in [1.165, 1.54) is 6.39 Å². The van der Waals surface area contributed by atoms with E-state index >= 15 is 0 Å². The van der Waals surface area contributed by atoms with Crippen LogP contribution in [0.2, 0.25) is 0 Å². The molecule has 1 aromatic heterocycles. The Hall–Kier alpha value is -1.81. The summed E-state index contributed by atoms with van der Waals surface area (Å²) >= 11 is 0. The summed E-state index contributed by atoms with van der Waals surface area (Å²) in [6.45, 7) is 3.88. The molecule has 0 amide bonds. The van der Waals surface area contributed by atoms with Gasteiger partial charge in [-0.15, -0.1) is 0 Å². The van der Waals surface area contributed by atoms with Crippen LogP contribution in [0.25, 0.3) is 11.3 Å². The van der Waals surface area contributed by atoms with Gasteiger partial charge >= 0.3 is 0 Å². The molecule has 1 aromatic carbocycles. The highest BCUT2D eigenvalue weighted by Gasteiger charge is 2.11. The summed E-state index contributed by atoms with van der Waals surface area (Å²) in [5.74, 6) is 0.854. The molecule has 4 heteroatoms. The van der Waals surface area contributed by atoms with E-state index < -0.39 is 0 Å². The molecule has 1 N–H and O–H groups in total. The predicted octanol–water partition coefficient (Wildman–Crippen LogP) is 2.91. The number of oxazole rings is 1. The van der Waals surface area contributed by atoms with Crippen LogP contribution in [0.15, 0.2) is 35.1 Å². The Bertz CT molecular complexity index is 520. The molecule has 0 aliphatic rings. The van der Waals surface area contributed by atoms with Gasteiger partial charge in [-0.1, -0.05) is 19.1 Å². The summed E-state index contributed by atoms with van der Waals surface area (Å²) in [5.41, 5.74) is 3.18. The van der Waals surface area contributed by atoms with E-state index in [2.05, 4.69) is 40.3 Å². The summed E-state index contributed by atoms with van der Waals surface area (Å²) in [6, 6.07) is 8.28. The first kappa shape index (κ1) is 13.6. The fourth-order valence-corrected chi connectivity index (χ4v) is 1.94. The van der Waals surface area contributed by atoms with Crippen LogP contribution < -0.4 is 10.2 Å². The number of nitrogens with zero attached hydrogens (tertiary/aromatic N) is 2. The summed E-state index contributed by atoms with van der Waals surface area (Å²) in [5, 5.41) is 3.35. The van der Waals surface area contributed by atoms with Crippen LogP contribution in [0, 0.1) is 0 Å². The second kappa shape index (κ2) is 6.38. The van der Waals surface area contributed by atoms with E-state index in [0.717, 1.165) is 42.2 Å². The molecule has 0 saturated carbocycles. The lowest BCUT2D eigenvalue weighted by molar-refractivity contribution is 0.569. The van der Waals surface area contributed by atoms with Crippen molar-refractivity contribution in [2.45, 2.75) is 19.9 Å². The fourth-order valence-electron chi connectivity index (χ4n) is 1.94. The van der Waals surface area contributed by atoms with Crippen molar-refractivity contribution in [3.05, 3.63) is 36.4 Å². The molecule has 0 aliphatic carbocycles. The number of nitrogens with one attached hydrogen (secondary N) is 1. The van der Waals surface area contributed by atoms with Crippen LogP contribution >= 0.6 is 0 Å². The standard InChI is InChI=1S/C15H21N3O/c1-4-8-16-10-14-15(19-11-17-14)12-6-5-7-13(9-12)18(2)3/h5-7,9,11,16H,4,8,10H2,1-3H3. The summed E-state index contributed by atoms with van der Waals surface area (Å²) in [4.78, 5) is 6.37. The highest BCUT2D eigenvalue weighted by atomic mass is 16.3. The third-order valence-electron chi connectivity index (χ3n) is 2.99. The van der Waals surface area contributed by atoms with Gasteiger partial charge in [-0.2, -0.15) is 0 Å². The lowest BCUT2D eigenvalue weighted by Gasteiger charge is -2.13. The molecule has 0 spiro atoms. The molecule has 0 radical (unpaired) electrons. The summed E-state index contributed by atoms with van der Waals surface area (Å²) < 4.78 is 5.55. The molecule has 0 bridgehead atoms. The van der Waals surface area contributed by atoms with Crippen LogP contribution in [0.4, 0.5) is 5.69 Å². The zero-order valence-corrected chi connectivity index (χ0v) is 11.8. The number of rotatable bonds is 6. The second-order valence-corrected chi connectivity index (χ2v) is 4.75. The third-order valence-corrected chi connectivity index (χ3v) is 2.99. The maximum absolute atomic E-state index is 5.55.